The molecule has 0 aromatic rings. The molecule has 2 fully saturated rings. The van der Waals surface area contributed by atoms with Crippen molar-refractivity contribution in [2.75, 3.05) is 52.4 Å². The van der Waals surface area contributed by atoms with Crippen molar-refractivity contribution in [3.63, 3.8) is 0 Å². The van der Waals surface area contributed by atoms with Crippen LogP contribution < -0.4 is 5.32 Å². The molecule has 2 saturated heterocycles. The molecule has 0 aliphatic carbocycles. The van der Waals surface area contributed by atoms with Crippen molar-refractivity contribution in [2.24, 2.45) is 5.92 Å². The SMILES string of the molecule is O=C(CN1CCCNCC1)N1CCC(CO)CC1. The number of rotatable bonds is 3. The highest BCUT2D eigenvalue weighted by molar-refractivity contribution is 5.78. The molecular formula is C13H25N3O2. The van der Waals surface area contributed by atoms with Crippen molar-refractivity contribution in [3.05, 3.63) is 0 Å². The first-order valence-electron chi connectivity index (χ1n) is 7.11. The molecule has 2 heterocycles. The summed E-state index contributed by atoms with van der Waals surface area (Å²) in [4.78, 5) is 16.4. The van der Waals surface area contributed by atoms with Gasteiger partial charge in [0.1, 0.15) is 0 Å². The van der Waals surface area contributed by atoms with Gasteiger partial charge in [0.15, 0.2) is 0 Å². The fourth-order valence-corrected chi connectivity index (χ4v) is 2.72. The summed E-state index contributed by atoms with van der Waals surface area (Å²) in [5.74, 6) is 0.657. The van der Waals surface area contributed by atoms with Gasteiger partial charge >= 0.3 is 0 Å². The van der Waals surface area contributed by atoms with E-state index in [1.54, 1.807) is 0 Å². The molecular weight excluding hydrogens is 230 g/mol. The number of hydrogen-bond donors (Lipinski definition) is 2. The number of piperidine rings is 1. The van der Waals surface area contributed by atoms with E-state index in [4.69, 9.17) is 5.11 Å². The summed E-state index contributed by atoms with van der Waals surface area (Å²) in [6.45, 7) is 6.49. The average Bonchev–Trinajstić information content (AvgIpc) is 2.67. The highest BCUT2D eigenvalue weighted by Crippen LogP contribution is 2.16. The molecule has 104 valence electrons. The van der Waals surface area contributed by atoms with E-state index in [0.29, 0.717) is 12.5 Å². The Hall–Kier alpha value is -0.650. The molecule has 0 saturated carbocycles. The molecule has 2 N–H and O–H groups in total. The van der Waals surface area contributed by atoms with Crippen LogP contribution in [0.4, 0.5) is 0 Å². The van der Waals surface area contributed by atoms with E-state index in [9.17, 15) is 4.79 Å². The number of amides is 1. The predicted molar refractivity (Wildman–Crippen MR) is 70.3 cm³/mol. The summed E-state index contributed by atoms with van der Waals surface area (Å²) < 4.78 is 0. The molecule has 0 atom stereocenters. The Labute approximate surface area is 109 Å². The lowest BCUT2D eigenvalue weighted by molar-refractivity contribution is -0.134. The summed E-state index contributed by atoms with van der Waals surface area (Å²) in [7, 11) is 0. The zero-order valence-corrected chi connectivity index (χ0v) is 11.1. The van der Waals surface area contributed by atoms with Crippen molar-refractivity contribution >= 4 is 5.91 Å². The third kappa shape index (κ3) is 3.93. The molecule has 0 unspecified atom stereocenters. The van der Waals surface area contributed by atoms with Crippen molar-refractivity contribution < 1.29 is 9.90 Å². The fourth-order valence-electron chi connectivity index (χ4n) is 2.72. The van der Waals surface area contributed by atoms with Crippen LogP contribution in [-0.2, 0) is 4.79 Å². The van der Waals surface area contributed by atoms with Gasteiger partial charge in [-0.05, 0) is 38.3 Å². The monoisotopic (exact) mass is 255 g/mol. The standard InChI is InChI=1S/C13H25N3O2/c17-11-12-2-7-16(8-3-12)13(18)10-15-6-1-4-14-5-9-15/h12,14,17H,1-11H2. The van der Waals surface area contributed by atoms with Gasteiger partial charge in [0, 0.05) is 32.8 Å². The van der Waals surface area contributed by atoms with E-state index in [2.05, 4.69) is 10.2 Å². The maximum Gasteiger partial charge on any atom is 0.236 e. The van der Waals surface area contributed by atoms with Gasteiger partial charge in [-0.2, -0.15) is 0 Å². The van der Waals surface area contributed by atoms with Gasteiger partial charge in [-0.25, -0.2) is 0 Å². The highest BCUT2D eigenvalue weighted by atomic mass is 16.3. The topological polar surface area (TPSA) is 55.8 Å². The van der Waals surface area contributed by atoms with E-state index in [0.717, 1.165) is 58.5 Å². The van der Waals surface area contributed by atoms with Gasteiger partial charge in [-0.1, -0.05) is 0 Å². The Balaban J connectivity index is 1.74. The maximum atomic E-state index is 12.2. The molecule has 0 bridgehead atoms. The Morgan fingerprint density at radius 3 is 2.67 bits per heavy atom. The normalized spacial score (nSPS) is 23.9. The minimum atomic E-state index is 0.258. The molecule has 0 spiro atoms. The van der Waals surface area contributed by atoms with Gasteiger partial charge < -0.3 is 15.3 Å². The number of nitrogens with zero attached hydrogens (tertiary/aromatic N) is 2. The lowest BCUT2D eigenvalue weighted by Crippen LogP contribution is -2.45. The van der Waals surface area contributed by atoms with Crippen LogP contribution >= 0.6 is 0 Å². The number of aliphatic hydroxyl groups excluding tert-OH is 1. The van der Waals surface area contributed by atoms with Crippen LogP contribution in [0.15, 0.2) is 0 Å². The largest absolute Gasteiger partial charge is 0.396 e. The van der Waals surface area contributed by atoms with Crippen LogP contribution in [0.25, 0.3) is 0 Å². The van der Waals surface area contributed by atoms with E-state index in [1.165, 1.54) is 0 Å². The van der Waals surface area contributed by atoms with Crippen LogP contribution in [0.1, 0.15) is 19.3 Å². The molecule has 5 nitrogen and oxygen atoms in total. The summed E-state index contributed by atoms with van der Waals surface area (Å²) in [6, 6.07) is 0. The first-order valence-corrected chi connectivity index (χ1v) is 7.11. The highest BCUT2D eigenvalue weighted by Gasteiger charge is 2.23. The molecule has 0 aromatic carbocycles. The second kappa shape index (κ2) is 7.07. The Kier molecular flexibility index (Phi) is 5.41. The van der Waals surface area contributed by atoms with E-state index in [1.807, 2.05) is 4.90 Å². The second-order valence-corrected chi connectivity index (χ2v) is 5.39. The first kappa shape index (κ1) is 13.8. The molecule has 2 aliphatic heterocycles. The number of aliphatic hydroxyl groups is 1. The molecule has 2 aliphatic rings. The van der Waals surface area contributed by atoms with Crippen LogP contribution in [0, 0.1) is 5.92 Å². The number of carbonyl (C=O) groups excluding carboxylic acids is 1. The van der Waals surface area contributed by atoms with Crippen LogP contribution in [0.2, 0.25) is 0 Å². The molecule has 0 radical (unpaired) electrons. The number of carbonyl (C=O) groups is 1. The van der Waals surface area contributed by atoms with Crippen molar-refractivity contribution in [1.29, 1.82) is 0 Å². The second-order valence-electron chi connectivity index (χ2n) is 5.39. The van der Waals surface area contributed by atoms with E-state index in [-0.39, 0.29) is 12.5 Å². The van der Waals surface area contributed by atoms with Gasteiger partial charge in [-0.15, -0.1) is 0 Å². The van der Waals surface area contributed by atoms with Crippen LogP contribution in [-0.4, -0.2) is 73.2 Å². The fraction of sp³-hybridized carbons (Fsp3) is 0.923. The maximum absolute atomic E-state index is 12.2. The average molecular weight is 255 g/mol. The minimum absolute atomic E-state index is 0.258. The summed E-state index contributed by atoms with van der Waals surface area (Å²) in [6.07, 6.45) is 3.02. The lowest BCUT2D eigenvalue weighted by atomic mass is 9.98. The number of likely N-dealkylation sites (tertiary alicyclic amines) is 1. The smallest absolute Gasteiger partial charge is 0.236 e. The Bertz CT molecular complexity index is 257. The zero-order valence-electron chi connectivity index (χ0n) is 11.1. The van der Waals surface area contributed by atoms with Crippen molar-refractivity contribution in [2.45, 2.75) is 19.3 Å². The minimum Gasteiger partial charge on any atom is -0.396 e. The zero-order chi connectivity index (χ0) is 12.8. The molecule has 0 aromatic heterocycles. The van der Waals surface area contributed by atoms with Crippen LogP contribution in [0.5, 0.6) is 0 Å². The molecule has 5 heteroatoms. The molecule has 1 amide bonds. The number of nitrogens with one attached hydrogen (secondary N) is 1. The van der Waals surface area contributed by atoms with Crippen molar-refractivity contribution in [3.8, 4) is 0 Å². The summed E-state index contributed by atoms with van der Waals surface area (Å²) in [5.41, 5.74) is 0. The summed E-state index contributed by atoms with van der Waals surface area (Å²) in [5, 5.41) is 12.4. The Morgan fingerprint density at radius 2 is 1.94 bits per heavy atom. The predicted octanol–water partition coefficient (Wildman–Crippen LogP) is -0.487. The van der Waals surface area contributed by atoms with E-state index >= 15 is 0 Å². The van der Waals surface area contributed by atoms with Gasteiger partial charge in [0.2, 0.25) is 5.91 Å². The Morgan fingerprint density at radius 1 is 1.17 bits per heavy atom. The van der Waals surface area contributed by atoms with Gasteiger partial charge in [0.25, 0.3) is 0 Å². The third-order valence-electron chi connectivity index (χ3n) is 4.02. The lowest BCUT2D eigenvalue weighted by Gasteiger charge is -2.32. The first-order chi connectivity index (χ1) is 8.79. The molecule has 2 rings (SSSR count). The molecule has 18 heavy (non-hydrogen) atoms. The van der Waals surface area contributed by atoms with Gasteiger partial charge in [0.05, 0.1) is 6.54 Å². The van der Waals surface area contributed by atoms with Gasteiger partial charge in [-0.3, -0.25) is 9.69 Å². The van der Waals surface area contributed by atoms with Crippen LogP contribution in [0.3, 0.4) is 0 Å². The summed E-state index contributed by atoms with van der Waals surface area (Å²) >= 11 is 0. The van der Waals surface area contributed by atoms with E-state index < -0.39 is 0 Å². The number of hydrogen-bond acceptors (Lipinski definition) is 4. The third-order valence-corrected chi connectivity index (χ3v) is 4.02. The van der Waals surface area contributed by atoms with Crippen molar-refractivity contribution in [1.82, 2.24) is 15.1 Å². The quantitative estimate of drug-likeness (QED) is 0.715.